The highest BCUT2D eigenvalue weighted by atomic mass is 19.4. The van der Waals surface area contributed by atoms with Crippen molar-refractivity contribution in [3.63, 3.8) is 0 Å². The molecule has 1 aliphatic heterocycles. The lowest BCUT2D eigenvalue weighted by Crippen LogP contribution is -2.42. The third-order valence-corrected chi connectivity index (χ3v) is 3.76. The van der Waals surface area contributed by atoms with Gasteiger partial charge in [-0.25, -0.2) is 9.97 Å². The summed E-state index contributed by atoms with van der Waals surface area (Å²) in [5, 5.41) is 0. The Kier molecular flexibility index (Phi) is 4.86. The van der Waals surface area contributed by atoms with Gasteiger partial charge >= 0.3 is 12.2 Å². The summed E-state index contributed by atoms with van der Waals surface area (Å²) < 4.78 is 49.1. The minimum Gasteiger partial charge on any atom is -0.494 e. The lowest BCUT2D eigenvalue weighted by Gasteiger charge is -2.33. The molecule has 0 radical (unpaired) electrons. The number of nitrogens with zero attached hydrogens (tertiary/aromatic N) is 5. The van der Waals surface area contributed by atoms with Crippen LogP contribution in [0.25, 0.3) is 0 Å². The molecule has 2 aromatic rings. The second-order valence-corrected chi connectivity index (χ2v) is 5.49. The normalized spacial score (nSPS) is 18.1. The summed E-state index contributed by atoms with van der Waals surface area (Å²) in [5.74, 6) is 0.740. The summed E-state index contributed by atoms with van der Waals surface area (Å²) in [7, 11) is 1.51. The van der Waals surface area contributed by atoms with Crippen molar-refractivity contribution in [2.24, 2.45) is 0 Å². The van der Waals surface area contributed by atoms with Crippen LogP contribution in [0.3, 0.4) is 0 Å². The maximum Gasteiger partial charge on any atom is 0.433 e. The van der Waals surface area contributed by atoms with Crippen LogP contribution in [0.2, 0.25) is 0 Å². The van der Waals surface area contributed by atoms with Gasteiger partial charge in [0.05, 0.1) is 26.0 Å². The predicted octanol–water partition coefficient (Wildman–Crippen LogP) is 2.34. The number of ether oxygens (including phenoxy) is 2. The molecule has 0 spiro atoms. The molecule has 1 aliphatic rings. The molecule has 1 fully saturated rings. The highest BCUT2D eigenvalue weighted by Crippen LogP contribution is 2.29. The van der Waals surface area contributed by atoms with Crippen LogP contribution in [0.5, 0.6) is 11.8 Å². The maximum atomic E-state index is 12.8. The maximum absolute atomic E-state index is 12.8. The van der Waals surface area contributed by atoms with Crippen molar-refractivity contribution in [3.05, 3.63) is 30.5 Å². The van der Waals surface area contributed by atoms with Gasteiger partial charge in [-0.15, -0.1) is 0 Å². The van der Waals surface area contributed by atoms with Gasteiger partial charge in [-0.05, 0) is 12.8 Å². The van der Waals surface area contributed by atoms with Gasteiger partial charge in [0.1, 0.15) is 23.9 Å². The standard InChI is InChI=1S/C15H16F3N5O2/c1-24-11-6-19-14(20-7-11)25-10-3-2-4-23(8-10)13-5-12(15(16,17)18)21-9-22-13/h5-7,9-10H,2-4,8H2,1H3. The molecule has 1 atom stereocenters. The van der Waals surface area contributed by atoms with Crippen LogP contribution >= 0.6 is 0 Å². The first-order chi connectivity index (χ1) is 12.0. The third-order valence-electron chi connectivity index (χ3n) is 3.76. The van der Waals surface area contributed by atoms with E-state index in [9.17, 15) is 13.2 Å². The first-order valence-electron chi connectivity index (χ1n) is 7.62. The van der Waals surface area contributed by atoms with E-state index < -0.39 is 11.9 Å². The van der Waals surface area contributed by atoms with Crippen LogP contribution in [0.15, 0.2) is 24.8 Å². The fraction of sp³-hybridized carbons (Fsp3) is 0.467. The summed E-state index contributed by atoms with van der Waals surface area (Å²) >= 11 is 0. The number of aromatic nitrogens is 4. The van der Waals surface area contributed by atoms with E-state index in [1.165, 1.54) is 19.5 Å². The van der Waals surface area contributed by atoms with Crippen LogP contribution in [0, 0.1) is 0 Å². The Hall–Kier alpha value is -2.65. The van der Waals surface area contributed by atoms with E-state index in [1.807, 2.05) is 0 Å². The Morgan fingerprint density at radius 1 is 1.16 bits per heavy atom. The van der Waals surface area contributed by atoms with Crippen molar-refractivity contribution in [3.8, 4) is 11.8 Å². The summed E-state index contributed by atoms with van der Waals surface area (Å²) in [6, 6.07) is 1.15. The first-order valence-corrected chi connectivity index (χ1v) is 7.62. The molecule has 7 nitrogen and oxygen atoms in total. The summed E-state index contributed by atoms with van der Waals surface area (Å²) in [6.07, 6.45) is 0.669. The Morgan fingerprint density at radius 2 is 1.92 bits per heavy atom. The van der Waals surface area contributed by atoms with Gasteiger partial charge in [-0.3, -0.25) is 0 Å². The molecule has 10 heteroatoms. The van der Waals surface area contributed by atoms with E-state index in [4.69, 9.17) is 9.47 Å². The van der Waals surface area contributed by atoms with Gasteiger partial charge in [0.15, 0.2) is 5.75 Å². The molecule has 3 heterocycles. The molecule has 0 bridgehead atoms. The number of hydrogen-bond donors (Lipinski definition) is 0. The molecule has 2 aromatic heterocycles. The Labute approximate surface area is 141 Å². The van der Waals surface area contributed by atoms with Crippen LogP contribution < -0.4 is 14.4 Å². The lowest BCUT2D eigenvalue weighted by atomic mass is 10.1. The average molecular weight is 355 g/mol. The van der Waals surface area contributed by atoms with E-state index in [2.05, 4.69) is 19.9 Å². The van der Waals surface area contributed by atoms with E-state index in [-0.39, 0.29) is 17.9 Å². The number of anilines is 1. The molecule has 0 aliphatic carbocycles. The Balaban J connectivity index is 1.68. The van der Waals surface area contributed by atoms with Crippen molar-refractivity contribution in [1.29, 1.82) is 0 Å². The molecule has 3 rings (SSSR count). The number of hydrogen-bond acceptors (Lipinski definition) is 7. The number of halogens is 3. The number of rotatable bonds is 4. The smallest absolute Gasteiger partial charge is 0.433 e. The topological polar surface area (TPSA) is 73.3 Å². The van der Waals surface area contributed by atoms with Crippen LogP contribution in [0.1, 0.15) is 18.5 Å². The fourth-order valence-electron chi connectivity index (χ4n) is 2.54. The highest BCUT2D eigenvalue weighted by molar-refractivity contribution is 5.40. The zero-order valence-corrected chi connectivity index (χ0v) is 13.4. The quantitative estimate of drug-likeness (QED) is 0.833. The molecule has 0 N–H and O–H groups in total. The fourth-order valence-corrected chi connectivity index (χ4v) is 2.54. The van der Waals surface area contributed by atoms with Crippen molar-refractivity contribution in [1.82, 2.24) is 19.9 Å². The molecule has 0 aromatic carbocycles. The molecule has 0 amide bonds. The largest absolute Gasteiger partial charge is 0.494 e. The summed E-state index contributed by atoms with van der Waals surface area (Å²) in [5.41, 5.74) is -0.959. The van der Waals surface area contributed by atoms with Crippen molar-refractivity contribution in [2.45, 2.75) is 25.1 Å². The minimum absolute atomic E-state index is 0.200. The monoisotopic (exact) mass is 355 g/mol. The van der Waals surface area contributed by atoms with E-state index >= 15 is 0 Å². The molecule has 134 valence electrons. The van der Waals surface area contributed by atoms with Gasteiger partial charge in [-0.1, -0.05) is 0 Å². The molecular formula is C15H16F3N5O2. The number of piperidine rings is 1. The zero-order valence-electron chi connectivity index (χ0n) is 13.4. The van der Waals surface area contributed by atoms with Gasteiger partial charge in [0.2, 0.25) is 0 Å². The number of alkyl halides is 3. The SMILES string of the molecule is COc1cnc(OC2CCCN(c3cc(C(F)(F)F)ncn3)C2)nc1. The van der Waals surface area contributed by atoms with Crippen molar-refractivity contribution >= 4 is 5.82 Å². The highest BCUT2D eigenvalue weighted by Gasteiger charge is 2.33. The van der Waals surface area contributed by atoms with E-state index in [1.54, 1.807) is 4.90 Å². The molecule has 1 saturated heterocycles. The number of methoxy groups -OCH3 is 1. The van der Waals surface area contributed by atoms with Gasteiger partial charge in [0, 0.05) is 12.6 Å². The second-order valence-electron chi connectivity index (χ2n) is 5.49. The van der Waals surface area contributed by atoms with Gasteiger partial charge in [0.25, 0.3) is 0 Å². The minimum atomic E-state index is -4.50. The summed E-state index contributed by atoms with van der Waals surface area (Å²) in [6.45, 7) is 0.987. The zero-order chi connectivity index (χ0) is 17.9. The predicted molar refractivity (Wildman–Crippen MR) is 81.5 cm³/mol. The second kappa shape index (κ2) is 7.08. The Morgan fingerprint density at radius 3 is 2.60 bits per heavy atom. The van der Waals surface area contributed by atoms with Crippen LogP contribution in [-0.2, 0) is 6.18 Å². The van der Waals surface area contributed by atoms with Crippen LogP contribution in [-0.4, -0.2) is 46.2 Å². The molecule has 25 heavy (non-hydrogen) atoms. The molecule has 0 saturated carbocycles. The third kappa shape index (κ3) is 4.25. The molecular weight excluding hydrogens is 339 g/mol. The van der Waals surface area contributed by atoms with E-state index in [0.717, 1.165) is 25.2 Å². The van der Waals surface area contributed by atoms with Gasteiger partial charge in [-0.2, -0.15) is 23.1 Å². The van der Waals surface area contributed by atoms with E-state index in [0.29, 0.717) is 18.8 Å². The molecule has 1 unspecified atom stereocenters. The average Bonchev–Trinajstić information content (AvgIpc) is 2.62. The van der Waals surface area contributed by atoms with Crippen molar-refractivity contribution < 1.29 is 22.6 Å². The first kappa shape index (κ1) is 17.2. The van der Waals surface area contributed by atoms with Crippen molar-refractivity contribution in [2.75, 3.05) is 25.1 Å². The Bertz CT molecular complexity index is 711. The summed E-state index contributed by atoms with van der Waals surface area (Å²) in [4.78, 5) is 17.1. The van der Waals surface area contributed by atoms with Gasteiger partial charge < -0.3 is 14.4 Å². The van der Waals surface area contributed by atoms with Crippen LogP contribution in [0.4, 0.5) is 19.0 Å². The lowest BCUT2D eigenvalue weighted by molar-refractivity contribution is -0.141.